The van der Waals surface area contributed by atoms with Crippen LogP contribution < -0.4 is 0 Å². The van der Waals surface area contributed by atoms with Crippen LogP contribution in [0.15, 0.2) is 12.2 Å². The van der Waals surface area contributed by atoms with E-state index in [1.807, 2.05) is 0 Å². The first kappa shape index (κ1) is 48.3. The van der Waals surface area contributed by atoms with Gasteiger partial charge in [0, 0.05) is 12.8 Å². The molecule has 0 radical (unpaired) electrons. The molecule has 302 valence electrons. The number of unbranched alkanes of at least 4 members (excludes halogenated alkanes) is 29. The van der Waals surface area contributed by atoms with E-state index in [0.717, 1.165) is 51.0 Å². The standard InChI is InChI=1S/C45H80O7/c1-3-5-7-9-11-13-15-17-19-20-22-24-26-28-30-32-34-36-40(47)45(52,44(51)41(48)37-38-42(44)49)43(50)39(46)35-33-31-29-27-25-23-21-18-16-14-12-10-8-6-4-2/h34,36,39,46,51-52H,3-33,35,37-38H2,1-2H3. The minimum atomic E-state index is -3.34. The predicted octanol–water partition coefficient (Wildman–Crippen LogP) is 11.0. The van der Waals surface area contributed by atoms with Crippen molar-refractivity contribution in [2.45, 2.75) is 249 Å². The van der Waals surface area contributed by atoms with Crippen molar-refractivity contribution in [2.24, 2.45) is 0 Å². The number of rotatable bonds is 37. The Bertz CT molecular complexity index is 972. The zero-order valence-electron chi connectivity index (χ0n) is 33.7. The maximum Gasteiger partial charge on any atom is 0.231 e. The quantitative estimate of drug-likeness (QED) is 0.0329. The summed E-state index contributed by atoms with van der Waals surface area (Å²) in [5, 5.41) is 33.4. The molecule has 1 saturated carbocycles. The second kappa shape index (κ2) is 30.6. The highest BCUT2D eigenvalue weighted by Crippen LogP contribution is 2.36. The lowest BCUT2D eigenvalue weighted by Gasteiger charge is -2.36. The van der Waals surface area contributed by atoms with Crippen LogP contribution in [0, 0.1) is 0 Å². The van der Waals surface area contributed by atoms with Gasteiger partial charge in [-0.25, -0.2) is 0 Å². The molecule has 0 amide bonds. The summed E-state index contributed by atoms with van der Waals surface area (Å²) in [4.78, 5) is 52.1. The molecule has 0 aromatic rings. The van der Waals surface area contributed by atoms with Crippen molar-refractivity contribution in [1.82, 2.24) is 0 Å². The molecular formula is C45H80O7. The Kier molecular flexibility index (Phi) is 28.4. The average molecular weight is 733 g/mol. The van der Waals surface area contributed by atoms with Gasteiger partial charge in [0.15, 0.2) is 17.3 Å². The first-order valence-corrected chi connectivity index (χ1v) is 22.1. The number of hydrogen-bond donors (Lipinski definition) is 3. The summed E-state index contributed by atoms with van der Waals surface area (Å²) in [6.07, 6.45) is 36.7. The van der Waals surface area contributed by atoms with E-state index in [4.69, 9.17) is 0 Å². The van der Waals surface area contributed by atoms with Crippen molar-refractivity contribution in [3.8, 4) is 0 Å². The zero-order valence-corrected chi connectivity index (χ0v) is 33.7. The van der Waals surface area contributed by atoms with E-state index >= 15 is 0 Å². The topological polar surface area (TPSA) is 129 Å². The van der Waals surface area contributed by atoms with Gasteiger partial charge in [-0.15, -0.1) is 0 Å². The molecule has 0 bridgehead atoms. The molecule has 1 aliphatic carbocycles. The number of Topliss-reactive ketones (excluding diaryl/α,β-unsaturated/α-hetero) is 3. The third-order valence-electron chi connectivity index (χ3n) is 11.3. The Morgan fingerprint density at radius 2 is 0.885 bits per heavy atom. The smallest absolute Gasteiger partial charge is 0.231 e. The summed E-state index contributed by atoms with van der Waals surface area (Å²) < 4.78 is 0. The molecule has 0 aromatic heterocycles. The minimum Gasteiger partial charge on any atom is -0.385 e. The highest BCUT2D eigenvalue weighted by Gasteiger charge is 2.69. The lowest BCUT2D eigenvalue weighted by Crippen LogP contribution is -2.70. The summed E-state index contributed by atoms with van der Waals surface area (Å²) in [7, 11) is 0. The second-order valence-electron chi connectivity index (χ2n) is 15.9. The van der Waals surface area contributed by atoms with E-state index in [0.29, 0.717) is 12.8 Å². The average Bonchev–Trinajstić information content (AvgIpc) is 3.41. The fourth-order valence-electron chi connectivity index (χ4n) is 7.65. The minimum absolute atomic E-state index is 0.0199. The van der Waals surface area contributed by atoms with Crippen molar-refractivity contribution in [2.75, 3.05) is 0 Å². The van der Waals surface area contributed by atoms with E-state index in [2.05, 4.69) is 13.8 Å². The van der Waals surface area contributed by atoms with E-state index < -0.39 is 40.4 Å². The predicted molar refractivity (Wildman–Crippen MR) is 213 cm³/mol. The van der Waals surface area contributed by atoms with Crippen LogP contribution in [0.3, 0.4) is 0 Å². The summed E-state index contributed by atoms with van der Waals surface area (Å²) in [5.41, 5.74) is -6.51. The normalized spacial score (nSPS) is 16.2. The van der Waals surface area contributed by atoms with E-state index in [9.17, 15) is 34.5 Å². The number of carbonyl (C=O) groups is 4. The Morgan fingerprint density at radius 1 is 0.577 bits per heavy atom. The Hall–Kier alpha value is -1.70. The third-order valence-corrected chi connectivity index (χ3v) is 11.3. The van der Waals surface area contributed by atoms with Crippen molar-refractivity contribution in [1.29, 1.82) is 0 Å². The molecule has 52 heavy (non-hydrogen) atoms. The lowest BCUT2D eigenvalue weighted by atomic mass is 9.72. The molecule has 0 spiro atoms. The summed E-state index contributed by atoms with van der Waals surface area (Å²) in [6.45, 7) is 4.49. The Morgan fingerprint density at radius 3 is 1.23 bits per heavy atom. The van der Waals surface area contributed by atoms with Gasteiger partial charge >= 0.3 is 0 Å². The Balaban J connectivity index is 2.38. The molecule has 0 aromatic carbocycles. The van der Waals surface area contributed by atoms with Gasteiger partial charge in [-0.05, 0) is 25.3 Å². The SMILES string of the molecule is CCCCCCCCCCCCCCCCCC=CC(=O)C(O)(C(=O)C(O)CCCCCCCCCCCCCCCCC)C1(O)C(=O)CCC1=O. The number of carbonyl (C=O) groups excluding carboxylic acids is 4. The fourth-order valence-corrected chi connectivity index (χ4v) is 7.65. The largest absolute Gasteiger partial charge is 0.385 e. The first-order chi connectivity index (χ1) is 25.2. The summed E-state index contributed by atoms with van der Waals surface area (Å²) >= 11 is 0. The van der Waals surface area contributed by atoms with Gasteiger partial charge < -0.3 is 15.3 Å². The van der Waals surface area contributed by atoms with E-state index in [1.165, 1.54) is 147 Å². The van der Waals surface area contributed by atoms with Gasteiger partial charge in [-0.1, -0.05) is 206 Å². The molecule has 7 nitrogen and oxygen atoms in total. The maximum absolute atomic E-state index is 13.4. The number of allylic oxidation sites excluding steroid dienone is 1. The highest BCUT2D eigenvalue weighted by molar-refractivity contribution is 6.30. The van der Waals surface area contributed by atoms with Crippen molar-refractivity contribution in [3.63, 3.8) is 0 Å². The van der Waals surface area contributed by atoms with Crippen molar-refractivity contribution in [3.05, 3.63) is 12.2 Å². The zero-order chi connectivity index (χ0) is 38.3. The molecule has 2 atom stereocenters. The third kappa shape index (κ3) is 18.6. The lowest BCUT2D eigenvalue weighted by molar-refractivity contribution is -0.188. The van der Waals surface area contributed by atoms with Crippen LogP contribution in [0.5, 0.6) is 0 Å². The van der Waals surface area contributed by atoms with Crippen LogP contribution >= 0.6 is 0 Å². The van der Waals surface area contributed by atoms with Crippen LogP contribution in [-0.4, -0.2) is 55.8 Å². The number of ketones is 4. The molecule has 0 heterocycles. The van der Waals surface area contributed by atoms with Gasteiger partial charge in [0.05, 0.1) is 0 Å². The summed E-state index contributed by atoms with van der Waals surface area (Å²) in [6, 6.07) is 0. The van der Waals surface area contributed by atoms with Gasteiger partial charge in [0.1, 0.15) is 6.10 Å². The fraction of sp³-hybridized carbons (Fsp3) is 0.867. The van der Waals surface area contributed by atoms with Gasteiger partial charge in [0.2, 0.25) is 17.0 Å². The van der Waals surface area contributed by atoms with Crippen LogP contribution in [0.4, 0.5) is 0 Å². The molecule has 1 aliphatic rings. The van der Waals surface area contributed by atoms with Crippen LogP contribution in [0.1, 0.15) is 232 Å². The molecule has 0 saturated heterocycles. The molecular weight excluding hydrogens is 652 g/mol. The molecule has 1 rings (SSSR count). The van der Waals surface area contributed by atoms with Gasteiger partial charge in [0.25, 0.3) is 0 Å². The van der Waals surface area contributed by atoms with Crippen molar-refractivity contribution >= 4 is 23.1 Å². The Labute approximate surface area is 318 Å². The second-order valence-corrected chi connectivity index (χ2v) is 15.9. The van der Waals surface area contributed by atoms with Crippen molar-refractivity contribution < 1.29 is 34.5 Å². The molecule has 7 heteroatoms. The number of aliphatic hydroxyl groups is 3. The molecule has 1 fully saturated rings. The highest BCUT2D eigenvalue weighted by atomic mass is 16.4. The van der Waals surface area contributed by atoms with Crippen LogP contribution in [-0.2, 0) is 19.2 Å². The van der Waals surface area contributed by atoms with Crippen LogP contribution in [0.2, 0.25) is 0 Å². The number of aliphatic hydroxyl groups excluding tert-OH is 1. The maximum atomic E-state index is 13.4. The number of hydrogen-bond acceptors (Lipinski definition) is 7. The summed E-state index contributed by atoms with van der Waals surface area (Å²) in [5.74, 6) is -4.71. The van der Waals surface area contributed by atoms with Crippen LogP contribution in [0.25, 0.3) is 0 Å². The molecule has 2 unspecified atom stereocenters. The monoisotopic (exact) mass is 733 g/mol. The molecule has 3 N–H and O–H groups in total. The van der Waals surface area contributed by atoms with Gasteiger partial charge in [-0.3, -0.25) is 19.2 Å². The van der Waals surface area contributed by atoms with E-state index in [1.54, 1.807) is 0 Å². The molecule has 0 aliphatic heterocycles. The van der Waals surface area contributed by atoms with E-state index in [-0.39, 0.29) is 19.3 Å². The van der Waals surface area contributed by atoms with Gasteiger partial charge in [-0.2, -0.15) is 0 Å². The first-order valence-electron chi connectivity index (χ1n) is 22.1.